The van der Waals surface area contributed by atoms with Gasteiger partial charge in [0.25, 0.3) is 0 Å². The Kier molecular flexibility index (Phi) is 6.77. The molecule has 7 nitrogen and oxygen atoms in total. The molecule has 0 saturated heterocycles. The summed E-state index contributed by atoms with van der Waals surface area (Å²) >= 11 is 0. The fourth-order valence-electron chi connectivity index (χ4n) is 1.26. The van der Waals surface area contributed by atoms with Crippen LogP contribution in [0, 0.1) is 0 Å². The predicted molar refractivity (Wildman–Crippen MR) is 64.1 cm³/mol. The highest BCUT2D eigenvalue weighted by Gasteiger charge is 2.25. The molecule has 2 amide bonds. The molecular formula is C11H20N2O5. The van der Waals surface area contributed by atoms with Gasteiger partial charge in [-0.1, -0.05) is 6.92 Å². The summed E-state index contributed by atoms with van der Waals surface area (Å²) in [6.07, 6.45) is 0.269. The number of carbonyl (C=O) groups excluding carboxylic acids is 2. The lowest BCUT2D eigenvalue weighted by Gasteiger charge is -2.27. The number of carboxylic acids is 1. The van der Waals surface area contributed by atoms with Crippen molar-refractivity contribution in [2.45, 2.75) is 39.3 Å². The van der Waals surface area contributed by atoms with Crippen LogP contribution >= 0.6 is 0 Å². The Morgan fingerprint density at radius 3 is 2.22 bits per heavy atom. The molecule has 2 N–H and O–H groups in total. The lowest BCUT2D eigenvalue weighted by molar-refractivity contribution is -0.141. The Labute approximate surface area is 106 Å². The third kappa shape index (κ3) is 5.03. The third-order valence-corrected chi connectivity index (χ3v) is 2.42. The Balaban J connectivity index is 4.66. The minimum absolute atomic E-state index is 0.212. The lowest BCUT2D eigenvalue weighted by Crippen LogP contribution is -2.51. The molecule has 0 bridgehead atoms. The number of ether oxygens (including phenoxy) is 1. The molecule has 0 aliphatic heterocycles. The Morgan fingerprint density at radius 1 is 1.33 bits per heavy atom. The number of aliphatic carboxylic acids is 1. The standard InChI is InChI=1S/C11H20N2O5/c1-5-8(10(15)16)12-11(17)13(7(2)3)6-9(14)18-4/h7-8H,5-6H2,1-4H3,(H,12,17)(H,15,16)/t8-/m0/s1. The first kappa shape index (κ1) is 16.2. The number of rotatable bonds is 6. The van der Waals surface area contributed by atoms with Crippen molar-refractivity contribution < 1.29 is 24.2 Å². The number of carbonyl (C=O) groups is 3. The first-order valence-electron chi connectivity index (χ1n) is 5.70. The van der Waals surface area contributed by atoms with Gasteiger partial charge in [0.05, 0.1) is 7.11 Å². The van der Waals surface area contributed by atoms with Gasteiger partial charge in [-0.2, -0.15) is 0 Å². The largest absolute Gasteiger partial charge is 0.480 e. The highest BCUT2D eigenvalue weighted by atomic mass is 16.5. The van der Waals surface area contributed by atoms with Crippen LogP contribution in [0.1, 0.15) is 27.2 Å². The van der Waals surface area contributed by atoms with Crippen molar-refractivity contribution in [1.29, 1.82) is 0 Å². The van der Waals surface area contributed by atoms with E-state index in [1.807, 2.05) is 0 Å². The summed E-state index contributed by atoms with van der Waals surface area (Å²) in [5, 5.41) is 11.2. The zero-order chi connectivity index (χ0) is 14.3. The fraction of sp³-hybridized carbons (Fsp3) is 0.727. The Morgan fingerprint density at radius 2 is 1.89 bits per heavy atom. The van der Waals surface area contributed by atoms with E-state index in [4.69, 9.17) is 5.11 Å². The number of urea groups is 1. The van der Waals surface area contributed by atoms with Gasteiger partial charge in [-0.15, -0.1) is 0 Å². The van der Waals surface area contributed by atoms with Crippen molar-refractivity contribution >= 4 is 18.0 Å². The SMILES string of the molecule is CC[C@H](NC(=O)N(CC(=O)OC)C(C)C)C(=O)O. The van der Waals surface area contributed by atoms with Crippen LogP contribution in [0.5, 0.6) is 0 Å². The van der Waals surface area contributed by atoms with E-state index >= 15 is 0 Å². The van der Waals surface area contributed by atoms with Gasteiger partial charge in [0.1, 0.15) is 12.6 Å². The quantitative estimate of drug-likeness (QED) is 0.676. The third-order valence-electron chi connectivity index (χ3n) is 2.42. The van der Waals surface area contributed by atoms with Gasteiger partial charge >= 0.3 is 18.0 Å². The van der Waals surface area contributed by atoms with Crippen molar-refractivity contribution in [2.24, 2.45) is 0 Å². The summed E-state index contributed by atoms with van der Waals surface area (Å²) in [4.78, 5) is 35.0. The maximum atomic E-state index is 11.9. The van der Waals surface area contributed by atoms with Crippen molar-refractivity contribution in [3.63, 3.8) is 0 Å². The number of esters is 1. The van der Waals surface area contributed by atoms with Crippen LogP contribution in [0.15, 0.2) is 0 Å². The Bertz CT molecular complexity index is 317. The van der Waals surface area contributed by atoms with E-state index in [1.54, 1.807) is 20.8 Å². The van der Waals surface area contributed by atoms with Gasteiger partial charge in [0, 0.05) is 6.04 Å². The van der Waals surface area contributed by atoms with Gasteiger partial charge in [-0.25, -0.2) is 9.59 Å². The molecule has 0 aromatic heterocycles. The fourth-order valence-corrected chi connectivity index (χ4v) is 1.26. The van der Waals surface area contributed by atoms with Crippen LogP contribution in [-0.4, -0.2) is 53.7 Å². The molecule has 7 heteroatoms. The van der Waals surface area contributed by atoms with Crippen LogP contribution in [-0.2, 0) is 14.3 Å². The number of methoxy groups -OCH3 is 1. The highest BCUT2D eigenvalue weighted by Crippen LogP contribution is 2.01. The second-order valence-corrected chi connectivity index (χ2v) is 4.05. The summed E-state index contributed by atoms with van der Waals surface area (Å²) in [7, 11) is 1.23. The molecule has 0 rings (SSSR count). The smallest absolute Gasteiger partial charge is 0.326 e. The number of nitrogens with zero attached hydrogens (tertiary/aromatic N) is 1. The van der Waals surface area contributed by atoms with E-state index in [1.165, 1.54) is 12.0 Å². The van der Waals surface area contributed by atoms with E-state index in [-0.39, 0.29) is 19.0 Å². The number of nitrogens with one attached hydrogen (secondary N) is 1. The molecule has 0 spiro atoms. The molecule has 0 heterocycles. The van der Waals surface area contributed by atoms with E-state index in [9.17, 15) is 14.4 Å². The van der Waals surface area contributed by atoms with Gasteiger partial charge in [0.15, 0.2) is 0 Å². The molecule has 0 saturated carbocycles. The maximum absolute atomic E-state index is 11.9. The summed E-state index contributed by atoms with van der Waals surface area (Å²) in [5.41, 5.74) is 0. The predicted octanol–water partition coefficient (Wildman–Crippen LogP) is 0.443. The number of hydrogen-bond donors (Lipinski definition) is 2. The Hall–Kier alpha value is -1.79. The van der Waals surface area contributed by atoms with E-state index in [0.717, 1.165) is 0 Å². The summed E-state index contributed by atoms with van der Waals surface area (Å²) in [6, 6.07) is -1.79. The number of amides is 2. The van der Waals surface area contributed by atoms with Gasteiger partial charge in [-0.05, 0) is 20.3 Å². The van der Waals surface area contributed by atoms with Gasteiger partial charge in [-0.3, -0.25) is 4.79 Å². The molecule has 0 aromatic rings. The van der Waals surface area contributed by atoms with Crippen LogP contribution in [0.2, 0.25) is 0 Å². The second kappa shape index (κ2) is 7.52. The first-order chi connectivity index (χ1) is 8.33. The highest BCUT2D eigenvalue weighted by molar-refractivity contribution is 5.85. The molecule has 1 atom stereocenters. The summed E-state index contributed by atoms with van der Waals surface area (Å²) < 4.78 is 4.48. The second-order valence-electron chi connectivity index (χ2n) is 4.05. The average Bonchev–Trinajstić information content (AvgIpc) is 2.31. The molecule has 0 aliphatic carbocycles. The van der Waals surface area contributed by atoms with Crippen molar-refractivity contribution in [3.05, 3.63) is 0 Å². The normalized spacial score (nSPS) is 11.8. The maximum Gasteiger partial charge on any atom is 0.326 e. The van der Waals surface area contributed by atoms with E-state index < -0.39 is 24.0 Å². The molecule has 0 aliphatic rings. The minimum atomic E-state index is -1.10. The molecule has 18 heavy (non-hydrogen) atoms. The zero-order valence-corrected chi connectivity index (χ0v) is 11.1. The van der Waals surface area contributed by atoms with Gasteiger partial charge < -0.3 is 20.1 Å². The minimum Gasteiger partial charge on any atom is -0.480 e. The topological polar surface area (TPSA) is 95.9 Å². The van der Waals surface area contributed by atoms with Crippen LogP contribution < -0.4 is 5.32 Å². The van der Waals surface area contributed by atoms with Crippen molar-refractivity contribution in [2.75, 3.05) is 13.7 Å². The molecule has 104 valence electrons. The average molecular weight is 260 g/mol. The molecule has 0 radical (unpaired) electrons. The van der Waals surface area contributed by atoms with E-state index in [0.29, 0.717) is 0 Å². The van der Waals surface area contributed by atoms with Gasteiger partial charge in [0.2, 0.25) is 0 Å². The van der Waals surface area contributed by atoms with Crippen LogP contribution in [0.25, 0.3) is 0 Å². The number of hydrogen-bond acceptors (Lipinski definition) is 4. The summed E-state index contributed by atoms with van der Waals surface area (Å²) in [6.45, 7) is 4.89. The van der Waals surface area contributed by atoms with Crippen LogP contribution in [0.4, 0.5) is 4.79 Å². The van der Waals surface area contributed by atoms with E-state index in [2.05, 4.69) is 10.1 Å². The lowest BCUT2D eigenvalue weighted by atomic mass is 10.2. The summed E-state index contributed by atoms with van der Waals surface area (Å²) in [5.74, 6) is -1.66. The zero-order valence-electron chi connectivity index (χ0n) is 11.1. The van der Waals surface area contributed by atoms with Crippen LogP contribution in [0.3, 0.4) is 0 Å². The monoisotopic (exact) mass is 260 g/mol. The molecular weight excluding hydrogens is 240 g/mol. The molecule has 0 unspecified atom stereocenters. The molecule has 0 fully saturated rings. The van der Waals surface area contributed by atoms with Crippen molar-refractivity contribution in [1.82, 2.24) is 10.2 Å². The van der Waals surface area contributed by atoms with Crippen molar-refractivity contribution in [3.8, 4) is 0 Å². The number of carboxylic acid groups (broad SMARTS) is 1. The first-order valence-corrected chi connectivity index (χ1v) is 5.70. The molecule has 0 aromatic carbocycles.